The number of nitrogens with two attached hydrogens (primary N) is 1. The third-order valence-corrected chi connectivity index (χ3v) is 2.42. The van der Waals surface area contributed by atoms with Crippen LogP contribution in [0, 0.1) is 5.41 Å². The molecule has 0 aliphatic heterocycles. The van der Waals surface area contributed by atoms with Crippen LogP contribution in [0.15, 0.2) is 24.3 Å². The molecule has 0 spiro atoms. The maximum Gasteiger partial charge on any atom is 0.119 e. The van der Waals surface area contributed by atoms with Gasteiger partial charge in [0.2, 0.25) is 0 Å². The molecule has 0 saturated carbocycles. The Hall–Kier alpha value is -1.51. The fraction of sp³-hybridized carbons (Fsp3) is 0.462. The van der Waals surface area contributed by atoms with E-state index in [-0.39, 0.29) is 5.84 Å². The molecule has 88 valence electrons. The van der Waals surface area contributed by atoms with E-state index in [4.69, 9.17) is 15.9 Å². The molecule has 3 nitrogen and oxygen atoms in total. The lowest BCUT2D eigenvalue weighted by Gasteiger charge is -2.07. The van der Waals surface area contributed by atoms with Crippen LogP contribution in [0.1, 0.15) is 31.7 Å². The molecule has 0 aliphatic rings. The molecule has 1 aromatic rings. The van der Waals surface area contributed by atoms with Crippen LogP contribution in [-0.2, 0) is 6.42 Å². The van der Waals surface area contributed by atoms with Crippen LogP contribution in [-0.4, -0.2) is 12.4 Å². The van der Waals surface area contributed by atoms with Crippen molar-refractivity contribution in [3.05, 3.63) is 29.8 Å². The maximum atomic E-state index is 7.08. The molecule has 1 rings (SSSR count). The normalized spacial score (nSPS) is 10.1. The quantitative estimate of drug-likeness (QED) is 0.421. The Labute approximate surface area is 97.1 Å². The fourth-order valence-corrected chi connectivity index (χ4v) is 1.46. The molecule has 0 aliphatic carbocycles. The predicted molar refractivity (Wildman–Crippen MR) is 67.1 cm³/mol. The van der Waals surface area contributed by atoms with Crippen molar-refractivity contribution in [2.24, 2.45) is 5.73 Å². The van der Waals surface area contributed by atoms with E-state index in [2.05, 4.69) is 19.1 Å². The monoisotopic (exact) mass is 220 g/mol. The zero-order valence-electron chi connectivity index (χ0n) is 9.83. The first-order valence-corrected chi connectivity index (χ1v) is 5.77. The number of aryl methyl sites for hydroxylation is 1. The van der Waals surface area contributed by atoms with Crippen molar-refractivity contribution in [2.75, 3.05) is 6.61 Å². The molecular formula is C13H20N2O. The van der Waals surface area contributed by atoms with Gasteiger partial charge < -0.3 is 10.5 Å². The smallest absolute Gasteiger partial charge is 0.119 e. The van der Waals surface area contributed by atoms with Crippen molar-refractivity contribution >= 4 is 5.84 Å². The Kier molecular flexibility index (Phi) is 5.40. The summed E-state index contributed by atoms with van der Waals surface area (Å²) >= 11 is 0. The highest BCUT2D eigenvalue weighted by Crippen LogP contribution is 2.14. The number of benzene rings is 1. The van der Waals surface area contributed by atoms with Crippen molar-refractivity contribution in [2.45, 2.75) is 32.6 Å². The molecule has 0 aromatic heterocycles. The van der Waals surface area contributed by atoms with Crippen LogP contribution >= 0.6 is 0 Å². The Morgan fingerprint density at radius 1 is 1.38 bits per heavy atom. The van der Waals surface area contributed by atoms with Crippen molar-refractivity contribution in [3.63, 3.8) is 0 Å². The Balaban J connectivity index is 2.23. The van der Waals surface area contributed by atoms with Gasteiger partial charge in [0.1, 0.15) is 5.75 Å². The van der Waals surface area contributed by atoms with E-state index < -0.39 is 0 Å². The van der Waals surface area contributed by atoms with E-state index in [9.17, 15) is 0 Å². The number of rotatable bonds is 7. The summed E-state index contributed by atoms with van der Waals surface area (Å²) < 4.78 is 5.62. The second kappa shape index (κ2) is 6.88. The Bertz CT molecular complexity index is 336. The Morgan fingerprint density at radius 2 is 2.19 bits per heavy atom. The average molecular weight is 220 g/mol. The van der Waals surface area contributed by atoms with Gasteiger partial charge in [-0.05, 0) is 37.0 Å². The van der Waals surface area contributed by atoms with Crippen molar-refractivity contribution in [1.29, 1.82) is 5.41 Å². The summed E-state index contributed by atoms with van der Waals surface area (Å²) in [6.07, 6.45) is 3.55. The molecule has 0 saturated heterocycles. The number of ether oxygens (including phenoxy) is 1. The summed E-state index contributed by atoms with van der Waals surface area (Å²) in [7, 11) is 0. The zero-order valence-corrected chi connectivity index (χ0v) is 9.83. The lowest BCUT2D eigenvalue weighted by atomic mass is 10.2. The first kappa shape index (κ1) is 12.6. The molecule has 1 aromatic carbocycles. The number of nitrogens with one attached hydrogen (secondary N) is 1. The van der Waals surface area contributed by atoms with Crippen LogP contribution < -0.4 is 10.5 Å². The van der Waals surface area contributed by atoms with Crippen LogP contribution in [0.2, 0.25) is 0 Å². The molecular weight excluding hydrogens is 200 g/mol. The first-order valence-electron chi connectivity index (χ1n) is 5.77. The molecule has 16 heavy (non-hydrogen) atoms. The summed E-state index contributed by atoms with van der Waals surface area (Å²) in [6, 6.07) is 8.17. The average Bonchev–Trinajstić information content (AvgIpc) is 2.28. The van der Waals surface area contributed by atoms with Gasteiger partial charge in [0.15, 0.2) is 0 Å². The number of unbranched alkanes of at least 4 members (excludes halogenated alkanes) is 1. The fourth-order valence-electron chi connectivity index (χ4n) is 1.46. The molecule has 0 radical (unpaired) electrons. The van der Waals surface area contributed by atoms with E-state index >= 15 is 0 Å². The highest BCUT2D eigenvalue weighted by Gasteiger charge is 1.96. The summed E-state index contributed by atoms with van der Waals surface area (Å²) in [5.74, 6) is 1.19. The highest BCUT2D eigenvalue weighted by molar-refractivity contribution is 5.76. The highest BCUT2D eigenvalue weighted by atomic mass is 16.5. The largest absolute Gasteiger partial charge is 0.494 e. The summed E-state index contributed by atoms with van der Waals surface area (Å²) in [4.78, 5) is 0. The predicted octanol–water partition coefficient (Wildman–Crippen LogP) is 2.73. The van der Waals surface area contributed by atoms with Crippen molar-refractivity contribution in [3.8, 4) is 5.75 Å². The second-order valence-corrected chi connectivity index (χ2v) is 3.83. The van der Waals surface area contributed by atoms with E-state index in [0.29, 0.717) is 13.0 Å². The van der Waals surface area contributed by atoms with E-state index in [1.165, 1.54) is 5.56 Å². The molecule has 0 atom stereocenters. The minimum atomic E-state index is 0.257. The summed E-state index contributed by atoms with van der Waals surface area (Å²) in [6.45, 7) is 2.83. The molecule has 0 fully saturated rings. The van der Waals surface area contributed by atoms with Gasteiger partial charge in [0, 0.05) is 6.42 Å². The standard InChI is InChI=1S/C13H20N2O/c1-2-11-6-5-7-12(10-11)16-9-4-3-8-13(14)15/h5-7,10H,2-4,8-9H2,1H3,(H3,14,15). The first-order chi connectivity index (χ1) is 7.72. The zero-order chi connectivity index (χ0) is 11.8. The van der Waals surface area contributed by atoms with Crippen molar-refractivity contribution < 1.29 is 4.74 Å². The molecule has 0 amide bonds. The van der Waals surface area contributed by atoms with Gasteiger partial charge in [-0.15, -0.1) is 0 Å². The minimum absolute atomic E-state index is 0.257. The molecule has 0 heterocycles. The van der Waals surface area contributed by atoms with Gasteiger partial charge >= 0.3 is 0 Å². The number of amidine groups is 1. The third kappa shape index (κ3) is 4.82. The molecule has 0 unspecified atom stereocenters. The van der Waals surface area contributed by atoms with Gasteiger partial charge in [0.25, 0.3) is 0 Å². The van der Waals surface area contributed by atoms with Gasteiger partial charge in [0.05, 0.1) is 12.4 Å². The van der Waals surface area contributed by atoms with E-state index in [0.717, 1.165) is 25.0 Å². The van der Waals surface area contributed by atoms with Crippen LogP contribution in [0.4, 0.5) is 0 Å². The second-order valence-electron chi connectivity index (χ2n) is 3.83. The van der Waals surface area contributed by atoms with Crippen LogP contribution in [0.25, 0.3) is 0 Å². The van der Waals surface area contributed by atoms with Crippen molar-refractivity contribution in [1.82, 2.24) is 0 Å². The summed E-state index contributed by atoms with van der Waals surface area (Å²) in [5, 5.41) is 7.08. The van der Waals surface area contributed by atoms with Gasteiger partial charge in [-0.1, -0.05) is 19.1 Å². The number of hydrogen-bond donors (Lipinski definition) is 2. The van der Waals surface area contributed by atoms with E-state index in [1.807, 2.05) is 12.1 Å². The summed E-state index contributed by atoms with van der Waals surface area (Å²) in [5.41, 5.74) is 6.56. The van der Waals surface area contributed by atoms with Gasteiger partial charge in [-0.2, -0.15) is 0 Å². The number of hydrogen-bond acceptors (Lipinski definition) is 2. The van der Waals surface area contributed by atoms with Gasteiger partial charge in [-0.3, -0.25) is 5.41 Å². The lowest BCUT2D eigenvalue weighted by Crippen LogP contribution is -2.09. The van der Waals surface area contributed by atoms with Crippen LogP contribution in [0.3, 0.4) is 0 Å². The molecule has 3 heteroatoms. The van der Waals surface area contributed by atoms with Gasteiger partial charge in [-0.25, -0.2) is 0 Å². The third-order valence-electron chi connectivity index (χ3n) is 2.42. The van der Waals surface area contributed by atoms with E-state index in [1.54, 1.807) is 0 Å². The maximum absolute atomic E-state index is 7.08. The SMILES string of the molecule is CCc1cccc(OCCCCC(=N)N)c1. The molecule has 0 bridgehead atoms. The van der Waals surface area contributed by atoms with Crippen LogP contribution in [0.5, 0.6) is 5.75 Å². The lowest BCUT2D eigenvalue weighted by molar-refractivity contribution is 0.307. The minimum Gasteiger partial charge on any atom is -0.494 e. The topological polar surface area (TPSA) is 59.1 Å². The Morgan fingerprint density at radius 3 is 2.88 bits per heavy atom. The molecule has 3 N–H and O–H groups in total.